The number of halogens is 1. The van der Waals surface area contributed by atoms with Crippen LogP contribution in [0.1, 0.15) is 49.1 Å². The van der Waals surface area contributed by atoms with Crippen molar-refractivity contribution in [2.75, 3.05) is 0 Å². The minimum atomic E-state index is 0.154. The fraction of sp³-hybridized carbons (Fsp3) is 0.571. The molecule has 2 aliphatic rings. The molecular formula is C14H18ClN. The predicted octanol–water partition coefficient (Wildman–Crippen LogP) is 3.64. The van der Waals surface area contributed by atoms with Gasteiger partial charge in [-0.25, -0.2) is 0 Å². The Labute approximate surface area is 102 Å². The van der Waals surface area contributed by atoms with Crippen LogP contribution in [-0.4, -0.2) is 5.54 Å². The fourth-order valence-electron chi connectivity index (χ4n) is 2.26. The minimum Gasteiger partial charge on any atom is -0.325 e. The largest absolute Gasteiger partial charge is 0.325 e. The summed E-state index contributed by atoms with van der Waals surface area (Å²) in [6.45, 7) is 0. The summed E-state index contributed by atoms with van der Waals surface area (Å²) >= 11 is 6.30. The van der Waals surface area contributed by atoms with Crippen molar-refractivity contribution in [3.8, 4) is 0 Å². The standard InChI is InChI=1S/C14H18ClN/c15-13-9-10(5-6-14(16)7-8-14)1-4-12(13)11-2-3-11/h1,4,9,11H,2-3,5-8,16H2. The average molecular weight is 236 g/mol. The fourth-order valence-corrected chi connectivity index (χ4v) is 2.61. The van der Waals surface area contributed by atoms with Gasteiger partial charge in [0.2, 0.25) is 0 Å². The van der Waals surface area contributed by atoms with Gasteiger partial charge >= 0.3 is 0 Å². The maximum absolute atomic E-state index is 6.30. The van der Waals surface area contributed by atoms with Crippen LogP contribution in [0, 0.1) is 0 Å². The van der Waals surface area contributed by atoms with Gasteiger partial charge in [-0.3, -0.25) is 0 Å². The summed E-state index contributed by atoms with van der Waals surface area (Å²) in [4.78, 5) is 0. The number of rotatable bonds is 4. The van der Waals surface area contributed by atoms with Gasteiger partial charge in [0.05, 0.1) is 0 Å². The quantitative estimate of drug-likeness (QED) is 0.847. The SMILES string of the molecule is NC1(CCc2ccc(C3CC3)c(Cl)c2)CC1. The summed E-state index contributed by atoms with van der Waals surface area (Å²) in [5.74, 6) is 0.742. The predicted molar refractivity (Wildman–Crippen MR) is 67.9 cm³/mol. The molecule has 0 bridgehead atoms. The van der Waals surface area contributed by atoms with E-state index >= 15 is 0 Å². The molecule has 2 aliphatic carbocycles. The second kappa shape index (κ2) is 3.75. The molecule has 0 atom stereocenters. The Hall–Kier alpha value is -0.530. The van der Waals surface area contributed by atoms with Crippen LogP contribution in [0.3, 0.4) is 0 Å². The summed E-state index contributed by atoms with van der Waals surface area (Å²) in [5.41, 5.74) is 8.93. The maximum atomic E-state index is 6.30. The molecule has 0 radical (unpaired) electrons. The van der Waals surface area contributed by atoms with Crippen LogP contribution < -0.4 is 5.73 Å². The normalized spacial score (nSPS) is 22.1. The first-order valence-corrected chi connectivity index (χ1v) is 6.61. The van der Waals surface area contributed by atoms with Gasteiger partial charge in [0.1, 0.15) is 0 Å². The average Bonchev–Trinajstić information content (AvgIpc) is 3.12. The van der Waals surface area contributed by atoms with E-state index in [-0.39, 0.29) is 5.54 Å². The third-order valence-electron chi connectivity index (χ3n) is 3.89. The molecule has 1 aromatic rings. The lowest BCUT2D eigenvalue weighted by Crippen LogP contribution is -2.22. The van der Waals surface area contributed by atoms with Gasteiger partial charge in [-0.2, -0.15) is 0 Å². The van der Waals surface area contributed by atoms with E-state index in [4.69, 9.17) is 17.3 Å². The number of aryl methyl sites for hydroxylation is 1. The van der Waals surface area contributed by atoms with Crippen molar-refractivity contribution in [2.45, 2.75) is 50.0 Å². The second-order valence-corrected chi connectivity index (χ2v) is 5.90. The van der Waals surface area contributed by atoms with Crippen molar-refractivity contribution < 1.29 is 0 Å². The van der Waals surface area contributed by atoms with Gasteiger partial charge in [-0.15, -0.1) is 0 Å². The van der Waals surface area contributed by atoms with Crippen LogP contribution in [0.2, 0.25) is 5.02 Å². The Kier molecular flexibility index (Phi) is 2.49. The van der Waals surface area contributed by atoms with E-state index in [1.54, 1.807) is 0 Å². The van der Waals surface area contributed by atoms with E-state index in [9.17, 15) is 0 Å². The summed E-state index contributed by atoms with van der Waals surface area (Å²) in [6, 6.07) is 6.58. The Morgan fingerprint density at radius 1 is 1.31 bits per heavy atom. The number of nitrogens with two attached hydrogens (primary N) is 1. The highest BCUT2D eigenvalue weighted by atomic mass is 35.5. The molecule has 2 heteroatoms. The molecular weight excluding hydrogens is 218 g/mol. The summed E-state index contributed by atoms with van der Waals surface area (Å²) in [5, 5.41) is 0.960. The smallest absolute Gasteiger partial charge is 0.0443 e. The van der Waals surface area contributed by atoms with E-state index in [1.165, 1.54) is 36.8 Å². The molecule has 0 aliphatic heterocycles. The Balaban J connectivity index is 1.68. The van der Waals surface area contributed by atoms with E-state index < -0.39 is 0 Å². The van der Waals surface area contributed by atoms with Crippen LogP contribution in [0.25, 0.3) is 0 Å². The number of hydrogen-bond donors (Lipinski definition) is 1. The lowest BCUT2D eigenvalue weighted by molar-refractivity contribution is 0.609. The molecule has 16 heavy (non-hydrogen) atoms. The maximum Gasteiger partial charge on any atom is 0.0443 e. The highest BCUT2D eigenvalue weighted by molar-refractivity contribution is 6.31. The molecule has 1 aromatic carbocycles. The van der Waals surface area contributed by atoms with Gasteiger partial charge in [-0.1, -0.05) is 23.7 Å². The minimum absolute atomic E-state index is 0.154. The highest BCUT2D eigenvalue weighted by Gasteiger charge is 2.37. The van der Waals surface area contributed by atoms with Crippen molar-refractivity contribution in [2.24, 2.45) is 5.73 Å². The molecule has 0 amide bonds. The lowest BCUT2D eigenvalue weighted by atomic mass is 10.0. The molecule has 3 rings (SSSR count). The van der Waals surface area contributed by atoms with E-state index in [2.05, 4.69) is 18.2 Å². The van der Waals surface area contributed by atoms with E-state index in [0.717, 1.165) is 23.8 Å². The molecule has 0 aromatic heterocycles. The molecule has 2 fully saturated rings. The summed E-state index contributed by atoms with van der Waals surface area (Å²) < 4.78 is 0. The summed E-state index contributed by atoms with van der Waals surface area (Å²) in [6.07, 6.45) is 7.19. The summed E-state index contributed by atoms with van der Waals surface area (Å²) in [7, 11) is 0. The van der Waals surface area contributed by atoms with Crippen molar-refractivity contribution in [1.29, 1.82) is 0 Å². The number of hydrogen-bond acceptors (Lipinski definition) is 1. The van der Waals surface area contributed by atoms with Crippen LogP contribution in [0.5, 0.6) is 0 Å². The molecule has 1 nitrogen and oxygen atoms in total. The molecule has 2 N–H and O–H groups in total. The van der Waals surface area contributed by atoms with Crippen LogP contribution in [-0.2, 0) is 6.42 Å². The first-order valence-electron chi connectivity index (χ1n) is 6.24. The van der Waals surface area contributed by atoms with Gasteiger partial charge in [-0.05, 0) is 61.6 Å². The van der Waals surface area contributed by atoms with Gasteiger partial charge in [0.15, 0.2) is 0 Å². The highest BCUT2D eigenvalue weighted by Crippen LogP contribution is 2.43. The molecule has 0 saturated heterocycles. The topological polar surface area (TPSA) is 26.0 Å². The molecule has 0 spiro atoms. The molecule has 0 unspecified atom stereocenters. The van der Waals surface area contributed by atoms with Crippen molar-refractivity contribution in [1.82, 2.24) is 0 Å². The molecule has 0 heterocycles. The first kappa shape index (κ1) is 10.6. The van der Waals surface area contributed by atoms with Crippen LogP contribution in [0.15, 0.2) is 18.2 Å². The zero-order valence-electron chi connectivity index (χ0n) is 9.51. The Bertz CT molecular complexity index is 405. The van der Waals surface area contributed by atoms with Gasteiger partial charge in [0, 0.05) is 10.6 Å². The third kappa shape index (κ3) is 2.26. The van der Waals surface area contributed by atoms with Crippen LogP contribution >= 0.6 is 11.6 Å². The van der Waals surface area contributed by atoms with E-state index in [0.29, 0.717) is 0 Å². The van der Waals surface area contributed by atoms with Gasteiger partial charge < -0.3 is 5.73 Å². The van der Waals surface area contributed by atoms with Crippen molar-refractivity contribution in [3.05, 3.63) is 34.3 Å². The van der Waals surface area contributed by atoms with Crippen molar-refractivity contribution >= 4 is 11.6 Å². The second-order valence-electron chi connectivity index (χ2n) is 5.49. The van der Waals surface area contributed by atoms with E-state index in [1.807, 2.05) is 0 Å². The Morgan fingerprint density at radius 3 is 2.62 bits per heavy atom. The zero-order chi connectivity index (χ0) is 11.2. The first-order chi connectivity index (χ1) is 7.66. The van der Waals surface area contributed by atoms with Crippen LogP contribution in [0.4, 0.5) is 0 Å². The lowest BCUT2D eigenvalue weighted by Gasteiger charge is -2.09. The van der Waals surface area contributed by atoms with Crippen molar-refractivity contribution in [3.63, 3.8) is 0 Å². The third-order valence-corrected chi connectivity index (χ3v) is 4.21. The Morgan fingerprint density at radius 2 is 2.06 bits per heavy atom. The zero-order valence-corrected chi connectivity index (χ0v) is 10.3. The van der Waals surface area contributed by atoms with Gasteiger partial charge in [0.25, 0.3) is 0 Å². The molecule has 2 saturated carbocycles. The monoisotopic (exact) mass is 235 g/mol. The molecule has 86 valence electrons. The number of benzene rings is 1.